The number of rotatable bonds is 3. The Kier molecular flexibility index (Phi) is 3.10. The standard InChI is InChI=1S/C9H16N4S/c1-13-4-3-11-9(13)8(12-10)7-2-5-14-6-7/h3-4,7-8,12H,2,5-6,10H2,1H3. The highest BCUT2D eigenvalue weighted by Crippen LogP contribution is 2.32. The molecule has 1 fully saturated rings. The molecule has 0 radical (unpaired) electrons. The minimum absolute atomic E-state index is 0.199. The molecule has 1 aromatic heterocycles. The van der Waals surface area contributed by atoms with E-state index in [0.717, 1.165) is 5.82 Å². The summed E-state index contributed by atoms with van der Waals surface area (Å²) in [6.07, 6.45) is 5.01. The fourth-order valence-electron chi connectivity index (χ4n) is 1.91. The number of nitrogens with zero attached hydrogens (tertiary/aromatic N) is 2. The SMILES string of the molecule is Cn1ccnc1C(NN)C1CCSC1. The van der Waals surface area contributed by atoms with Crippen LogP contribution in [0.25, 0.3) is 0 Å². The van der Waals surface area contributed by atoms with Crippen molar-refractivity contribution in [2.45, 2.75) is 12.5 Å². The smallest absolute Gasteiger partial charge is 0.127 e. The van der Waals surface area contributed by atoms with Crippen molar-refractivity contribution in [3.63, 3.8) is 0 Å². The largest absolute Gasteiger partial charge is 0.337 e. The number of thioether (sulfide) groups is 1. The van der Waals surface area contributed by atoms with Crippen molar-refractivity contribution in [2.24, 2.45) is 18.8 Å². The van der Waals surface area contributed by atoms with E-state index >= 15 is 0 Å². The molecule has 0 bridgehead atoms. The monoisotopic (exact) mass is 212 g/mol. The fraction of sp³-hybridized carbons (Fsp3) is 0.667. The molecular formula is C9H16N4S. The van der Waals surface area contributed by atoms with E-state index in [4.69, 9.17) is 5.84 Å². The number of nitrogens with one attached hydrogen (secondary N) is 1. The zero-order chi connectivity index (χ0) is 9.97. The van der Waals surface area contributed by atoms with Crippen molar-refractivity contribution in [1.82, 2.24) is 15.0 Å². The molecule has 4 nitrogen and oxygen atoms in total. The quantitative estimate of drug-likeness (QED) is 0.571. The average molecular weight is 212 g/mol. The Morgan fingerprint density at radius 2 is 2.64 bits per heavy atom. The van der Waals surface area contributed by atoms with Crippen LogP contribution in [-0.4, -0.2) is 21.1 Å². The first-order valence-electron chi connectivity index (χ1n) is 4.84. The van der Waals surface area contributed by atoms with Crippen LogP contribution < -0.4 is 11.3 Å². The molecule has 3 N–H and O–H groups in total. The van der Waals surface area contributed by atoms with Gasteiger partial charge in [-0.3, -0.25) is 5.84 Å². The lowest BCUT2D eigenvalue weighted by molar-refractivity contribution is 0.376. The molecule has 1 aromatic rings. The third kappa shape index (κ3) is 1.80. The third-order valence-electron chi connectivity index (χ3n) is 2.75. The average Bonchev–Trinajstić information content (AvgIpc) is 2.80. The summed E-state index contributed by atoms with van der Waals surface area (Å²) < 4.78 is 2.04. The summed E-state index contributed by atoms with van der Waals surface area (Å²) in [5, 5.41) is 0. The second-order valence-corrected chi connectivity index (χ2v) is 4.81. The lowest BCUT2D eigenvalue weighted by Gasteiger charge is -2.21. The molecule has 2 rings (SSSR count). The summed E-state index contributed by atoms with van der Waals surface area (Å²) >= 11 is 2.00. The maximum absolute atomic E-state index is 5.60. The predicted molar refractivity (Wildman–Crippen MR) is 58.7 cm³/mol. The summed E-state index contributed by atoms with van der Waals surface area (Å²) in [6.45, 7) is 0. The van der Waals surface area contributed by atoms with Gasteiger partial charge < -0.3 is 4.57 Å². The van der Waals surface area contributed by atoms with Crippen LogP contribution in [0.15, 0.2) is 12.4 Å². The van der Waals surface area contributed by atoms with Gasteiger partial charge in [-0.2, -0.15) is 11.8 Å². The second kappa shape index (κ2) is 4.33. The first-order valence-corrected chi connectivity index (χ1v) is 5.99. The Labute approximate surface area is 88.2 Å². The van der Waals surface area contributed by atoms with Crippen LogP contribution in [0.3, 0.4) is 0 Å². The van der Waals surface area contributed by atoms with Gasteiger partial charge in [0.2, 0.25) is 0 Å². The third-order valence-corrected chi connectivity index (χ3v) is 3.94. The van der Waals surface area contributed by atoms with Gasteiger partial charge in [0.25, 0.3) is 0 Å². The second-order valence-electron chi connectivity index (χ2n) is 3.66. The van der Waals surface area contributed by atoms with Crippen LogP contribution in [0.5, 0.6) is 0 Å². The highest BCUT2D eigenvalue weighted by Gasteiger charge is 2.28. The fourth-order valence-corrected chi connectivity index (χ4v) is 3.21. The van der Waals surface area contributed by atoms with Gasteiger partial charge in [-0.25, -0.2) is 10.4 Å². The van der Waals surface area contributed by atoms with E-state index in [0.29, 0.717) is 5.92 Å². The molecule has 0 spiro atoms. The summed E-state index contributed by atoms with van der Waals surface area (Å²) in [5.74, 6) is 9.68. The summed E-state index contributed by atoms with van der Waals surface area (Å²) in [4.78, 5) is 4.34. The number of hydrazine groups is 1. The molecule has 0 saturated carbocycles. The lowest BCUT2D eigenvalue weighted by atomic mass is 9.99. The van der Waals surface area contributed by atoms with Crippen LogP contribution >= 0.6 is 11.8 Å². The van der Waals surface area contributed by atoms with E-state index in [-0.39, 0.29) is 6.04 Å². The Hall–Kier alpha value is -0.520. The van der Waals surface area contributed by atoms with Crippen molar-refractivity contribution < 1.29 is 0 Å². The van der Waals surface area contributed by atoms with Crippen LogP contribution in [0, 0.1) is 5.92 Å². The molecule has 14 heavy (non-hydrogen) atoms. The number of aromatic nitrogens is 2. The molecule has 5 heteroatoms. The molecule has 1 saturated heterocycles. The van der Waals surface area contributed by atoms with Gasteiger partial charge in [0, 0.05) is 19.4 Å². The van der Waals surface area contributed by atoms with Crippen molar-refractivity contribution in [3.05, 3.63) is 18.2 Å². The predicted octanol–water partition coefficient (Wildman–Crippen LogP) is 0.678. The Balaban J connectivity index is 2.16. The van der Waals surface area contributed by atoms with Crippen LogP contribution in [0.4, 0.5) is 0 Å². The van der Waals surface area contributed by atoms with Gasteiger partial charge in [-0.05, 0) is 23.8 Å². The summed E-state index contributed by atoms with van der Waals surface area (Å²) in [7, 11) is 2.01. The first kappa shape index (κ1) is 10.0. The van der Waals surface area contributed by atoms with Gasteiger partial charge >= 0.3 is 0 Å². The van der Waals surface area contributed by atoms with Crippen LogP contribution in [0.2, 0.25) is 0 Å². The van der Waals surface area contributed by atoms with Gasteiger partial charge in [0.1, 0.15) is 5.82 Å². The van der Waals surface area contributed by atoms with Crippen LogP contribution in [-0.2, 0) is 7.05 Å². The van der Waals surface area contributed by atoms with Crippen molar-refractivity contribution in [1.29, 1.82) is 0 Å². The maximum Gasteiger partial charge on any atom is 0.127 e. The summed E-state index contributed by atoms with van der Waals surface area (Å²) in [6, 6.07) is 0.199. The zero-order valence-corrected chi connectivity index (χ0v) is 9.13. The Bertz CT molecular complexity index is 293. The zero-order valence-electron chi connectivity index (χ0n) is 8.31. The topological polar surface area (TPSA) is 55.9 Å². The number of hydrogen-bond acceptors (Lipinski definition) is 4. The number of aryl methyl sites for hydroxylation is 1. The number of nitrogens with two attached hydrogens (primary N) is 1. The van der Waals surface area contributed by atoms with Gasteiger partial charge in [0.05, 0.1) is 6.04 Å². The summed E-state index contributed by atoms with van der Waals surface area (Å²) in [5.41, 5.74) is 2.89. The number of imidazole rings is 1. The van der Waals surface area contributed by atoms with Crippen LogP contribution in [0.1, 0.15) is 18.3 Å². The van der Waals surface area contributed by atoms with E-state index < -0.39 is 0 Å². The molecule has 78 valence electrons. The normalized spacial score (nSPS) is 24.0. The van der Waals surface area contributed by atoms with E-state index in [1.165, 1.54) is 17.9 Å². The van der Waals surface area contributed by atoms with Crippen molar-refractivity contribution in [2.75, 3.05) is 11.5 Å². The minimum atomic E-state index is 0.199. The molecule has 1 aliphatic rings. The Morgan fingerprint density at radius 1 is 1.79 bits per heavy atom. The lowest BCUT2D eigenvalue weighted by Crippen LogP contribution is -2.35. The minimum Gasteiger partial charge on any atom is -0.337 e. The number of hydrogen-bond donors (Lipinski definition) is 2. The van der Waals surface area contributed by atoms with E-state index in [2.05, 4.69) is 10.4 Å². The van der Waals surface area contributed by atoms with Gasteiger partial charge in [-0.1, -0.05) is 0 Å². The molecule has 1 aliphatic heterocycles. The molecule has 0 aliphatic carbocycles. The maximum atomic E-state index is 5.60. The molecule has 2 atom stereocenters. The van der Waals surface area contributed by atoms with Crippen molar-refractivity contribution >= 4 is 11.8 Å². The van der Waals surface area contributed by atoms with Gasteiger partial charge in [0.15, 0.2) is 0 Å². The molecule has 2 heterocycles. The Morgan fingerprint density at radius 3 is 3.14 bits per heavy atom. The van der Waals surface area contributed by atoms with E-state index in [1.807, 2.05) is 35.8 Å². The van der Waals surface area contributed by atoms with E-state index in [9.17, 15) is 0 Å². The highest BCUT2D eigenvalue weighted by molar-refractivity contribution is 7.99. The molecule has 0 amide bonds. The van der Waals surface area contributed by atoms with E-state index in [1.54, 1.807) is 0 Å². The van der Waals surface area contributed by atoms with Gasteiger partial charge in [-0.15, -0.1) is 0 Å². The molecule has 2 unspecified atom stereocenters. The first-order chi connectivity index (χ1) is 6.83. The molecule has 0 aromatic carbocycles. The molecular weight excluding hydrogens is 196 g/mol. The van der Waals surface area contributed by atoms with Crippen molar-refractivity contribution in [3.8, 4) is 0 Å². The highest BCUT2D eigenvalue weighted by atomic mass is 32.2.